The highest BCUT2D eigenvalue weighted by atomic mass is 32.2. The Hall–Kier alpha value is -2.39. The number of amides is 1. The normalized spacial score (nSPS) is 21.3. The predicted molar refractivity (Wildman–Crippen MR) is 127 cm³/mol. The summed E-state index contributed by atoms with van der Waals surface area (Å²) in [4.78, 5) is 29.1. The molecule has 2 aromatic heterocycles. The number of nitrogens with zero attached hydrogens (tertiary/aromatic N) is 4. The first kappa shape index (κ1) is 20.5. The first-order chi connectivity index (χ1) is 15.1. The first-order valence-corrected chi connectivity index (χ1v) is 12.7. The van der Waals surface area contributed by atoms with Crippen LogP contribution in [0.4, 0.5) is 11.1 Å². The van der Waals surface area contributed by atoms with E-state index in [0.717, 1.165) is 58.2 Å². The summed E-state index contributed by atoms with van der Waals surface area (Å²) in [5.74, 6) is 1.43. The van der Waals surface area contributed by atoms with E-state index in [1.807, 2.05) is 41.7 Å². The number of likely N-dealkylation sites (tertiary alicyclic amines) is 1. The van der Waals surface area contributed by atoms with Crippen molar-refractivity contribution in [3.8, 4) is 0 Å². The molecule has 3 heterocycles. The minimum atomic E-state index is 0.125. The fraction of sp³-hybridized carbons (Fsp3) is 0.455. The van der Waals surface area contributed by atoms with E-state index in [1.54, 1.807) is 23.1 Å². The number of carbonyl (C=O) groups is 1. The Bertz CT molecular complexity index is 1080. The molecule has 7 nitrogen and oxygen atoms in total. The highest BCUT2D eigenvalue weighted by Gasteiger charge is 2.28. The Kier molecular flexibility index (Phi) is 5.71. The Morgan fingerprint density at radius 2 is 1.90 bits per heavy atom. The lowest BCUT2D eigenvalue weighted by Crippen LogP contribution is -2.48. The summed E-state index contributed by atoms with van der Waals surface area (Å²) >= 11 is 3.26. The molecule has 31 heavy (non-hydrogen) atoms. The van der Waals surface area contributed by atoms with E-state index < -0.39 is 0 Å². The van der Waals surface area contributed by atoms with Gasteiger partial charge in [-0.25, -0.2) is 15.0 Å². The third-order valence-corrected chi connectivity index (χ3v) is 7.58. The summed E-state index contributed by atoms with van der Waals surface area (Å²) in [6.45, 7) is 3.89. The van der Waals surface area contributed by atoms with Gasteiger partial charge in [0.05, 0.1) is 10.2 Å². The standard InChI is InChI=1S/C22H26N6OS2/c1-13-11-28(12-13)20(29)14-3-6-18-19(7-14)31-22(27-18)26-16-5-4-15(8-16)25-21-23-9-17(30-2)10-24-21/h3,6-7,9-10,13,15-16H,4-5,8,11-12H2,1-2H3,(H,26,27)(H,23,24,25)/t15-,16-/m0/s1. The molecule has 1 amide bonds. The Morgan fingerprint density at radius 3 is 2.61 bits per heavy atom. The van der Waals surface area contributed by atoms with Crippen molar-refractivity contribution in [1.29, 1.82) is 0 Å². The summed E-state index contributed by atoms with van der Waals surface area (Å²) in [6, 6.07) is 6.57. The van der Waals surface area contributed by atoms with Gasteiger partial charge >= 0.3 is 0 Å². The van der Waals surface area contributed by atoms with Gasteiger partial charge in [0.15, 0.2) is 5.13 Å². The number of thiazole rings is 1. The molecule has 9 heteroatoms. The van der Waals surface area contributed by atoms with Crippen LogP contribution in [0, 0.1) is 5.92 Å². The molecule has 1 saturated carbocycles. The largest absolute Gasteiger partial charge is 0.359 e. The predicted octanol–water partition coefficient (Wildman–Crippen LogP) is 4.35. The molecule has 0 spiro atoms. The molecule has 162 valence electrons. The molecule has 1 saturated heterocycles. The van der Waals surface area contributed by atoms with Crippen molar-refractivity contribution in [3.05, 3.63) is 36.2 Å². The number of carbonyl (C=O) groups excluding carboxylic acids is 1. The second-order valence-electron chi connectivity index (χ2n) is 8.46. The average Bonchev–Trinajstić information content (AvgIpc) is 3.37. The number of nitrogens with one attached hydrogen (secondary N) is 2. The Morgan fingerprint density at radius 1 is 1.16 bits per heavy atom. The molecule has 2 fully saturated rings. The van der Waals surface area contributed by atoms with Gasteiger partial charge in [0.2, 0.25) is 5.95 Å². The van der Waals surface area contributed by atoms with Gasteiger partial charge in [-0.15, -0.1) is 11.8 Å². The third kappa shape index (κ3) is 4.48. The van der Waals surface area contributed by atoms with Gasteiger partial charge in [0, 0.05) is 48.0 Å². The van der Waals surface area contributed by atoms with Crippen molar-refractivity contribution in [3.63, 3.8) is 0 Å². The van der Waals surface area contributed by atoms with Crippen LogP contribution in [-0.2, 0) is 0 Å². The van der Waals surface area contributed by atoms with Crippen LogP contribution in [0.15, 0.2) is 35.5 Å². The van der Waals surface area contributed by atoms with E-state index in [1.165, 1.54) is 0 Å². The van der Waals surface area contributed by atoms with Gasteiger partial charge in [-0.2, -0.15) is 0 Å². The number of hydrogen-bond acceptors (Lipinski definition) is 8. The van der Waals surface area contributed by atoms with Gasteiger partial charge in [-0.05, 0) is 49.6 Å². The van der Waals surface area contributed by atoms with Crippen molar-refractivity contribution in [2.75, 3.05) is 30.0 Å². The van der Waals surface area contributed by atoms with Crippen molar-refractivity contribution < 1.29 is 4.79 Å². The summed E-state index contributed by atoms with van der Waals surface area (Å²) in [5, 5.41) is 7.96. The van der Waals surface area contributed by atoms with Gasteiger partial charge in [0.25, 0.3) is 5.91 Å². The fourth-order valence-electron chi connectivity index (χ4n) is 4.26. The number of aromatic nitrogens is 3. The number of benzene rings is 1. The lowest BCUT2D eigenvalue weighted by molar-refractivity contribution is 0.0530. The maximum absolute atomic E-state index is 12.6. The zero-order valence-corrected chi connectivity index (χ0v) is 19.3. The summed E-state index contributed by atoms with van der Waals surface area (Å²) in [5.41, 5.74) is 1.70. The highest BCUT2D eigenvalue weighted by molar-refractivity contribution is 7.98. The van der Waals surface area contributed by atoms with Crippen molar-refractivity contribution >= 4 is 50.3 Å². The number of hydrogen-bond donors (Lipinski definition) is 2. The molecule has 0 bridgehead atoms. The molecule has 3 aromatic rings. The molecule has 5 rings (SSSR count). The van der Waals surface area contributed by atoms with Gasteiger partial charge < -0.3 is 15.5 Å². The molecule has 0 unspecified atom stereocenters. The smallest absolute Gasteiger partial charge is 0.253 e. The van der Waals surface area contributed by atoms with Crippen molar-refractivity contribution in [2.45, 2.75) is 43.2 Å². The van der Waals surface area contributed by atoms with Crippen LogP contribution >= 0.6 is 23.1 Å². The molecular formula is C22H26N6OS2. The average molecular weight is 455 g/mol. The number of thioether (sulfide) groups is 1. The molecule has 2 N–H and O–H groups in total. The topological polar surface area (TPSA) is 83.0 Å². The van der Waals surface area contributed by atoms with E-state index in [2.05, 4.69) is 27.5 Å². The van der Waals surface area contributed by atoms with E-state index in [0.29, 0.717) is 23.9 Å². The zero-order valence-electron chi connectivity index (χ0n) is 17.7. The van der Waals surface area contributed by atoms with E-state index in [4.69, 9.17) is 4.98 Å². The third-order valence-electron chi connectivity index (χ3n) is 5.94. The minimum absolute atomic E-state index is 0.125. The summed E-state index contributed by atoms with van der Waals surface area (Å²) in [6.07, 6.45) is 8.88. The highest BCUT2D eigenvalue weighted by Crippen LogP contribution is 2.31. The number of anilines is 2. The maximum Gasteiger partial charge on any atom is 0.253 e. The van der Waals surface area contributed by atoms with Crippen LogP contribution in [-0.4, -0.2) is 57.2 Å². The molecule has 1 aliphatic heterocycles. The van der Waals surface area contributed by atoms with Gasteiger partial charge in [-0.3, -0.25) is 4.79 Å². The lowest BCUT2D eigenvalue weighted by atomic mass is 10.0. The molecule has 0 radical (unpaired) electrons. The lowest BCUT2D eigenvalue weighted by Gasteiger charge is -2.37. The Labute approximate surface area is 190 Å². The van der Waals surface area contributed by atoms with Crippen LogP contribution in [0.5, 0.6) is 0 Å². The van der Waals surface area contributed by atoms with Gasteiger partial charge in [0.1, 0.15) is 0 Å². The van der Waals surface area contributed by atoms with Crippen molar-refractivity contribution in [2.24, 2.45) is 5.92 Å². The van der Waals surface area contributed by atoms with Crippen LogP contribution in [0.1, 0.15) is 36.5 Å². The van der Waals surface area contributed by atoms with E-state index in [9.17, 15) is 4.79 Å². The first-order valence-electron chi connectivity index (χ1n) is 10.7. The molecule has 1 aliphatic carbocycles. The molecule has 2 aliphatic rings. The molecule has 2 atom stereocenters. The maximum atomic E-state index is 12.6. The SMILES string of the molecule is CSc1cnc(N[C@H]2CC[C@H](Nc3nc4ccc(C(=O)N5CC(C)C5)cc4s3)C2)nc1. The number of rotatable bonds is 6. The van der Waals surface area contributed by atoms with Crippen molar-refractivity contribution in [1.82, 2.24) is 19.9 Å². The number of fused-ring (bicyclic) bond motifs is 1. The minimum Gasteiger partial charge on any atom is -0.359 e. The van der Waals surface area contributed by atoms with Crippen LogP contribution < -0.4 is 10.6 Å². The second kappa shape index (κ2) is 8.63. The fourth-order valence-corrected chi connectivity index (χ4v) is 5.56. The quantitative estimate of drug-likeness (QED) is 0.536. The van der Waals surface area contributed by atoms with Gasteiger partial charge in [-0.1, -0.05) is 18.3 Å². The summed E-state index contributed by atoms with van der Waals surface area (Å²) < 4.78 is 1.05. The van der Waals surface area contributed by atoms with Crippen LogP contribution in [0.2, 0.25) is 0 Å². The zero-order chi connectivity index (χ0) is 21.4. The van der Waals surface area contributed by atoms with Crippen LogP contribution in [0.3, 0.4) is 0 Å². The van der Waals surface area contributed by atoms with E-state index >= 15 is 0 Å². The monoisotopic (exact) mass is 454 g/mol. The summed E-state index contributed by atoms with van der Waals surface area (Å²) in [7, 11) is 0. The Balaban J connectivity index is 1.20. The molecule has 1 aromatic carbocycles. The second-order valence-corrected chi connectivity index (χ2v) is 10.4. The molecular weight excluding hydrogens is 428 g/mol. The van der Waals surface area contributed by atoms with Crippen LogP contribution in [0.25, 0.3) is 10.2 Å². The van der Waals surface area contributed by atoms with E-state index in [-0.39, 0.29) is 5.91 Å².